The lowest BCUT2D eigenvalue weighted by molar-refractivity contribution is -0.136. The third-order valence-corrected chi connectivity index (χ3v) is 4.27. The lowest BCUT2D eigenvalue weighted by atomic mass is 9.80. The molecule has 0 spiro atoms. The third-order valence-electron chi connectivity index (χ3n) is 4.27. The van der Waals surface area contributed by atoms with Crippen LogP contribution in [0.25, 0.3) is 0 Å². The SMILES string of the molecule is CN(C)C1(CNC(=O)C(=O)Nc2ccn[nH]2)CCCCC1. The second-order valence-corrected chi connectivity index (χ2v) is 5.79. The first-order valence-corrected chi connectivity index (χ1v) is 7.29. The maximum absolute atomic E-state index is 11.9. The lowest BCUT2D eigenvalue weighted by Crippen LogP contribution is -2.55. The van der Waals surface area contributed by atoms with Gasteiger partial charge in [-0.3, -0.25) is 14.7 Å². The summed E-state index contributed by atoms with van der Waals surface area (Å²) in [6, 6.07) is 1.59. The molecule has 1 aromatic heterocycles. The molecule has 21 heavy (non-hydrogen) atoms. The molecule has 1 saturated carbocycles. The van der Waals surface area contributed by atoms with Gasteiger partial charge in [0.1, 0.15) is 5.82 Å². The summed E-state index contributed by atoms with van der Waals surface area (Å²) in [6.45, 7) is 0.495. The van der Waals surface area contributed by atoms with E-state index in [1.807, 2.05) is 14.1 Å². The van der Waals surface area contributed by atoms with E-state index in [0.717, 1.165) is 25.7 Å². The smallest absolute Gasteiger partial charge is 0.314 e. The third kappa shape index (κ3) is 3.81. The largest absolute Gasteiger partial charge is 0.346 e. The normalized spacial score (nSPS) is 17.5. The molecule has 1 heterocycles. The molecule has 7 heteroatoms. The standard InChI is InChI=1S/C14H23N5O2/c1-19(2)14(7-4-3-5-8-14)10-15-12(20)13(21)17-11-6-9-16-18-11/h6,9H,3-5,7-8,10H2,1-2H3,(H,15,20)(H2,16,17,18,21). The van der Waals surface area contributed by atoms with Gasteiger partial charge in [-0.05, 0) is 26.9 Å². The summed E-state index contributed by atoms with van der Waals surface area (Å²) in [6.07, 6.45) is 7.16. The van der Waals surface area contributed by atoms with E-state index in [0.29, 0.717) is 12.4 Å². The molecule has 2 amide bonds. The van der Waals surface area contributed by atoms with Crippen LogP contribution >= 0.6 is 0 Å². The number of likely N-dealkylation sites (N-methyl/N-ethyl adjacent to an activating group) is 1. The van der Waals surface area contributed by atoms with Crippen LogP contribution in [0.5, 0.6) is 0 Å². The quantitative estimate of drug-likeness (QED) is 0.714. The molecule has 1 aliphatic rings. The van der Waals surface area contributed by atoms with Gasteiger partial charge in [0.2, 0.25) is 0 Å². The second kappa shape index (κ2) is 6.71. The Morgan fingerprint density at radius 1 is 1.29 bits per heavy atom. The van der Waals surface area contributed by atoms with Crippen LogP contribution in [0, 0.1) is 0 Å². The van der Waals surface area contributed by atoms with Gasteiger partial charge in [0.15, 0.2) is 0 Å². The van der Waals surface area contributed by atoms with Gasteiger partial charge in [0.25, 0.3) is 0 Å². The molecule has 2 rings (SSSR count). The van der Waals surface area contributed by atoms with Gasteiger partial charge >= 0.3 is 11.8 Å². The molecule has 3 N–H and O–H groups in total. The second-order valence-electron chi connectivity index (χ2n) is 5.79. The van der Waals surface area contributed by atoms with Gasteiger partial charge in [0, 0.05) is 18.2 Å². The lowest BCUT2D eigenvalue weighted by Gasteiger charge is -2.43. The highest BCUT2D eigenvalue weighted by Crippen LogP contribution is 2.31. The summed E-state index contributed by atoms with van der Waals surface area (Å²) in [4.78, 5) is 25.8. The van der Waals surface area contributed by atoms with Crippen molar-refractivity contribution in [1.29, 1.82) is 0 Å². The topological polar surface area (TPSA) is 90.1 Å². The summed E-state index contributed by atoms with van der Waals surface area (Å²) in [5.74, 6) is -0.879. The van der Waals surface area contributed by atoms with Crippen molar-refractivity contribution >= 4 is 17.6 Å². The Labute approximate surface area is 124 Å². The van der Waals surface area contributed by atoms with Crippen LogP contribution in [-0.2, 0) is 9.59 Å². The number of aromatic nitrogens is 2. The minimum absolute atomic E-state index is 0.0395. The Morgan fingerprint density at radius 3 is 2.57 bits per heavy atom. The Hall–Kier alpha value is -1.89. The molecule has 0 radical (unpaired) electrons. The van der Waals surface area contributed by atoms with Crippen LogP contribution in [0.15, 0.2) is 12.3 Å². The maximum Gasteiger partial charge on any atom is 0.314 e. The zero-order valence-electron chi connectivity index (χ0n) is 12.6. The first-order chi connectivity index (χ1) is 10.0. The molecular weight excluding hydrogens is 270 g/mol. The van der Waals surface area contributed by atoms with Gasteiger partial charge in [-0.1, -0.05) is 19.3 Å². The summed E-state index contributed by atoms with van der Waals surface area (Å²) in [5, 5.41) is 11.5. The predicted octanol–water partition coefficient (Wildman–Crippen LogP) is 0.729. The molecule has 7 nitrogen and oxygen atoms in total. The molecule has 0 unspecified atom stereocenters. The molecule has 0 saturated heterocycles. The summed E-state index contributed by atoms with van der Waals surface area (Å²) in [5.41, 5.74) is -0.0395. The number of H-pyrrole nitrogens is 1. The molecule has 1 aromatic rings. The van der Waals surface area contributed by atoms with E-state index in [1.165, 1.54) is 12.6 Å². The molecule has 0 aliphatic heterocycles. The average Bonchev–Trinajstić information content (AvgIpc) is 2.98. The maximum atomic E-state index is 11.9. The van der Waals surface area contributed by atoms with Crippen molar-refractivity contribution in [1.82, 2.24) is 20.4 Å². The number of nitrogens with one attached hydrogen (secondary N) is 3. The van der Waals surface area contributed by atoms with Crippen molar-refractivity contribution < 1.29 is 9.59 Å². The van der Waals surface area contributed by atoms with E-state index in [2.05, 4.69) is 25.7 Å². The van der Waals surface area contributed by atoms with Crippen LogP contribution in [0.3, 0.4) is 0 Å². The van der Waals surface area contributed by atoms with E-state index in [-0.39, 0.29) is 5.54 Å². The Balaban J connectivity index is 1.88. The van der Waals surface area contributed by atoms with E-state index >= 15 is 0 Å². The summed E-state index contributed by atoms with van der Waals surface area (Å²) in [7, 11) is 4.06. The minimum atomic E-state index is -0.677. The van der Waals surface area contributed by atoms with Crippen molar-refractivity contribution in [3.63, 3.8) is 0 Å². The number of carbonyl (C=O) groups excluding carboxylic acids is 2. The molecule has 116 valence electrons. The van der Waals surface area contributed by atoms with Gasteiger partial charge in [0.05, 0.1) is 6.20 Å². The molecule has 0 aromatic carbocycles. The van der Waals surface area contributed by atoms with E-state index < -0.39 is 11.8 Å². The summed E-state index contributed by atoms with van der Waals surface area (Å²) < 4.78 is 0. The van der Waals surface area contributed by atoms with Gasteiger partial charge < -0.3 is 15.5 Å². The van der Waals surface area contributed by atoms with Crippen LogP contribution < -0.4 is 10.6 Å². The van der Waals surface area contributed by atoms with E-state index in [9.17, 15) is 9.59 Å². The van der Waals surface area contributed by atoms with E-state index in [1.54, 1.807) is 6.07 Å². The number of aromatic amines is 1. The number of anilines is 1. The molecule has 0 atom stereocenters. The first kappa shape index (κ1) is 15.5. The number of rotatable bonds is 4. The monoisotopic (exact) mass is 293 g/mol. The van der Waals surface area contributed by atoms with Gasteiger partial charge in [-0.2, -0.15) is 5.10 Å². The highest BCUT2D eigenvalue weighted by molar-refractivity contribution is 6.39. The van der Waals surface area contributed by atoms with Crippen molar-refractivity contribution in [2.45, 2.75) is 37.6 Å². The highest BCUT2D eigenvalue weighted by atomic mass is 16.2. The zero-order valence-corrected chi connectivity index (χ0v) is 12.6. The molecular formula is C14H23N5O2. The van der Waals surface area contributed by atoms with Crippen LogP contribution in [0.4, 0.5) is 5.82 Å². The van der Waals surface area contributed by atoms with Crippen molar-refractivity contribution in [3.8, 4) is 0 Å². The number of hydrogen-bond acceptors (Lipinski definition) is 4. The van der Waals surface area contributed by atoms with Gasteiger partial charge in [-0.15, -0.1) is 0 Å². The number of hydrogen-bond donors (Lipinski definition) is 3. The predicted molar refractivity (Wildman–Crippen MR) is 79.7 cm³/mol. The van der Waals surface area contributed by atoms with Crippen LogP contribution in [0.1, 0.15) is 32.1 Å². The minimum Gasteiger partial charge on any atom is -0.346 e. The Bertz CT molecular complexity index is 478. The van der Waals surface area contributed by atoms with Crippen molar-refractivity contribution in [2.24, 2.45) is 0 Å². The van der Waals surface area contributed by atoms with E-state index in [4.69, 9.17) is 0 Å². The molecule has 1 aliphatic carbocycles. The average molecular weight is 293 g/mol. The zero-order chi connectivity index (χ0) is 15.3. The van der Waals surface area contributed by atoms with Crippen molar-refractivity contribution in [3.05, 3.63) is 12.3 Å². The Morgan fingerprint density at radius 2 is 2.00 bits per heavy atom. The highest BCUT2D eigenvalue weighted by Gasteiger charge is 2.34. The number of carbonyl (C=O) groups is 2. The number of nitrogens with zero attached hydrogens (tertiary/aromatic N) is 2. The molecule has 0 bridgehead atoms. The Kier molecular flexibility index (Phi) is 4.95. The van der Waals surface area contributed by atoms with Crippen LogP contribution in [0.2, 0.25) is 0 Å². The van der Waals surface area contributed by atoms with Gasteiger partial charge in [-0.25, -0.2) is 0 Å². The fourth-order valence-electron chi connectivity index (χ4n) is 2.82. The summed E-state index contributed by atoms with van der Waals surface area (Å²) >= 11 is 0. The number of amides is 2. The first-order valence-electron chi connectivity index (χ1n) is 7.29. The fourth-order valence-corrected chi connectivity index (χ4v) is 2.82. The fraction of sp³-hybridized carbons (Fsp3) is 0.643. The van der Waals surface area contributed by atoms with Crippen LogP contribution in [-0.4, -0.2) is 53.1 Å². The molecule has 1 fully saturated rings. The van der Waals surface area contributed by atoms with Crippen molar-refractivity contribution in [2.75, 3.05) is 26.0 Å².